The van der Waals surface area contributed by atoms with Crippen molar-refractivity contribution in [1.82, 2.24) is 5.32 Å². The fraction of sp³-hybridized carbons (Fsp3) is 0.600. The number of rotatable bonds is 5. The molecule has 0 aromatic heterocycles. The molecular weight excluding hydrogens is 226 g/mol. The van der Waals surface area contributed by atoms with Gasteiger partial charge in [-0.1, -0.05) is 18.6 Å². The Hall–Kier alpha value is -1.06. The second-order valence-corrected chi connectivity index (χ2v) is 5.01. The zero-order chi connectivity index (χ0) is 12.8. The first-order valence-electron chi connectivity index (χ1n) is 6.84. The number of aliphatic hydroxyl groups excluding tert-OH is 1. The van der Waals surface area contributed by atoms with Gasteiger partial charge in [-0.05, 0) is 49.9 Å². The van der Waals surface area contributed by atoms with E-state index in [2.05, 4.69) is 17.4 Å². The van der Waals surface area contributed by atoms with E-state index < -0.39 is 0 Å². The molecule has 18 heavy (non-hydrogen) atoms. The van der Waals surface area contributed by atoms with E-state index in [9.17, 15) is 5.11 Å². The third kappa shape index (κ3) is 3.72. The van der Waals surface area contributed by atoms with Crippen LogP contribution in [-0.4, -0.2) is 30.9 Å². The minimum Gasteiger partial charge on any atom is -0.497 e. The van der Waals surface area contributed by atoms with Crippen LogP contribution in [0.3, 0.4) is 0 Å². The summed E-state index contributed by atoms with van der Waals surface area (Å²) in [4.78, 5) is 0. The summed E-state index contributed by atoms with van der Waals surface area (Å²) in [5.74, 6) is 0.883. The van der Waals surface area contributed by atoms with Crippen LogP contribution in [0.5, 0.6) is 5.75 Å². The zero-order valence-corrected chi connectivity index (χ0v) is 11.1. The van der Waals surface area contributed by atoms with Crippen LogP contribution in [0.1, 0.15) is 31.2 Å². The molecule has 1 aliphatic rings. The fourth-order valence-corrected chi connectivity index (χ4v) is 2.52. The lowest BCUT2D eigenvalue weighted by atomic mass is 9.95. The van der Waals surface area contributed by atoms with E-state index in [1.807, 2.05) is 12.1 Å². The Kier molecular flexibility index (Phi) is 5.02. The molecule has 0 radical (unpaired) electrons. The fourth-order valence-electron chi connectivity index (χ4n) is 2.52. The van der Waals surface area contributed by atoms with Gasteiger partial charge in [-0.3, -0.25) is 0 Å². The van der Waals surface area contributed by atoms with E-state index in [-0.39, 0.29) is 12.1 Å². The minimum absolute atomic E-state index is 0.229. The minimum atomic E-state index is -0.229. The average Bonchev–Trinajstić information content (AvgIpc) is 2.46. The Balaban J connectivity index is 1.78. The van der Waals surface area contributed by atoms with Crippen LogP contribution < -0.4 is 10.1 Å². The molecule has 0 spiro atoms. The molecule has 1 aliphatic heterocycles. The molecule has 1 aromatic rings. The lowest BCUT2D eigenvalue weighted by molar-refractivity contribution is 0.105. The van der Waals surface area contributed by atoms with E-state index in [1.165, 1.54) is 18.4 Å². The maximum atomic E-state index is 10.1. The molecule has 3 nitrogen and oxygen atoms in total. The average molecular weight is 249 g/mol. The van der Waals surface area contributed by atoms with Gasteiger partial charge in [0.05, 0.1) is 13.2 Å². The maximum absolute atomic E-state index is 10.1. The molecule has 2 unspecified atom stereocenters. The van der Waals surface area contributed by atoms with Gasteiger partial charge in [0.1, 0.15) is 5.75 Å². The molecule has 0 saturated carbocycles. The highest BCUT2D eigenvalue weighted by atomic mass is 16.5. The molecule has 0 amide bonds. The number of hydrogen-bond donors (Lipinski definition) is 2. The standard InChI is InChI=1S/C15H23NO2/c1-18-13-8-5-12(6-9-13)7-10-15(17)14-4-2-3-11-16-14/h5-6,8-9,14-17H,2-4,7,10-11H2,1H3. The van der Waals surface area contributed by atoms with E-state index in [4.69, 9.17) is 4.74 Å². The van der Waals surface area contributed by atoms with Gasteiger partial charge in [-0.25, -0.2) is 0 Å². The molecule has 0 aliphatic carbocycles. The van der Waals surface area contributed by atoms with Gasteiger partial charge < -0.3 is 15.2 Å². The molecule has 2 rings (SSSR count). The molecule has 1 fully saturated rings. The van der Waals surface area contributed by atoms with Crippen LogP contribution in [0.25, 0.3) is 0 Å². The van der Waals surface area contributed by atoms with Crippen molar-refractivity contribution in [3.8, 4) is 5.75 Å². The lowest BCUT2D eigenvalue weighted by Gasteiger charge is -2.28. The normalized spacial score (nSPS) is 21.6. The Morgan fingerprint density at radius 1 is 1.33 bits per heavy atom. The van der Waals surface area contributed by atoms with Gasteiger partial charge in [0.25, 0.3) is 0 Å². The van der Waals surface area contributed by atoms with E-state index in [1.54, 1.807) is 7.11 Å². The van der Waals surface area contributed by atoms with E-state index >= 15 is 0 Å². The predicted molar refractivity (Wildman–Crippen MR) is 73.0 cm³/mol. The van der Waals surface area contributed by atoms with Gasteiger partial charge in [-0.2, -0.15) is 0 Å². The molecule has 2 atom stereocenters. The van der Waals surface area contributed by atoms with Gasteiger partial charge in [0.2, 0.25) is 0 Å². The lowest BCUT2D eigenvalue weighted by Crippen LogP contribution is -2.43. The number of methoxy groups -OCH3 is 1. The van der Waals surface area contributed by atoms with Crippen molar-refractivity contribution in [2.24, 2.45) is 0 Å². The van der Waals surface area contributed by atoms with Gasteiger partial charge in [-0.15, -0.1) is 0 Å². The predicted octanol–water partition coefficient (Wildman–Crippen LogP) is 2.13. The third-order valence-corrected chi connectivity index (χ3v) is 3.70. The monoisotopic (exact) mass is 249 g/mol. The number of piperidine rings is 1. The summed E-state index contributed by atoms with van der Waals surface area (Å²) in [5, 5.41) is 13.6. The Morgan fingerprint density at radius 3 is 2.72 bits per heavy atom. The molecular formula is C15H23NO2. The summed E-state index contributed by atoms with van der Waals surface area (Å²) in [6.07, 6.45) is 5.09. The molecule has 2 N–H and O–H groups in total. The first kappa shape index (κ1) is 13.4. The molecule has 100 valence electrons. The SMILES string of the molecule is COc1ccc(CCC(O)C2CCCCN2)cc1. The highest BCUT2D eigenvalue weighted by Crippen LogP contribution is 2.16. The van der Waals surface area contributed by atoms with Gasteiger partial charge >= 0.3 is 0 Å². The summed E-state index contributed by atoms with van der Waals surface area (Å²) >= 11 is 0. The van der Waals surface area contributed by atoms with Crippen LogP contribution in [0.2, 0.25) is 0 Å². The van der Waals surface area contributed by atoms with Gasteiger partial charge in [0, 0.05) is 6.04 Å². The topological polar surface area (TPSA) is 41.5 Å². The Labute approximate surface area is 109 Å². The number of aryl methyl sites for hydroxylation is 1. The quantitative estimate of drug-likeness (QED) is 0.840. The van der Waals surface area contributed by atoms with Crippen molar-refractivity contribution in [3.05, 3.63) is 29.8 Å². The van der Waals surface area contributed by atoms with Crippen LogP contribution in [-0.2, 0) is 6.42 Å². The summed E-state index contributed by atoms with van der Waals surface area (Å²) in [7, 11) is 1.67. The third-order valence-electron chi connectivity index (χ3n) is 3.70. The van der Waals surface area contributed by atoms with Crippen LogP contribution in [0, 0.1) is 0 Å². The zero-order valence-electron chi connectivity index (χ0n) is 11.1. The van der Waals surface area contributed by atoms with Crippen molar-refractivity contribution >= 4 is 0 Å². The Bertz CT molecular complexity index is 344. The highest BCUT2D eigenvalue weighted by Gasteiger charge is 2.20. The van der Waals surface area contributed by atoms with Crippen molar-refractivity contribution in [1.29, 1.82) is 0 Å². The first-order valence-corrected chi connectivity index (χ1v) is 6.84. The summed E-state index contributed by atoms with van der Waals surface area (Å²) in [5.41, 5.74) is 1.26. The van der Waals surface area contributed by atoms with E-state index in [0.29, 0.717) is 0 Å². The number of hydrogen-bond acceptors (Lipinski definition) is 3. The summed E-state index contributed by atoms with van der Waals surface area (Å²) < 4.78 is 5.13. The Morgan fingerprint density at radius 2 is 2.11 bits per heavy atom. The molecule has 1 saturated heterocycles. The number of ether oxygens (including phenoxy) is 1. The highest BCUT2D eigenvalue weighted by molar-refractivity contribution is 5.27. The number of benzene rings is 1. The van der Waals surface area contributed by atoms with Crippen LogP contribution >= 0.6 is 0 Å². The van der Waals surface area contributed by atoms with E-state index in [0.717, 1.165) is 31.6 Å². The second kappa shape index (κ2) is 6.76. The maximum Gasteiger partial charge on any atom is 0.118 e. The van der Waals surface area contributed by atoms with Crippen molar-refractivity contribution in [3.63, 3.8) is 0 Å². The van der Waals surface area contributed by atoms with Crippen molar-refractivity contribution in [2.75, 3.05) is 13.7 Å². The van der Waals surface area contributed by atoms with Crippen LogP contribution in [0.15, 0.2) is 24.3 Å². The molecule has 0 bridgehead atoms. The van der Waals surface area contributed by atoms with Crippen molar-refractivity contribution < 1.29 is 9.84 Å². The molecule has 1 heterocycles. The van der Waals surface area contributed by atoms with Gasteiger partial charge in [0.15, 0.2) is 0 Å². The smallest absolute Gasteiger partial charge is 0.118 e. The number of aliphatic hydroxyl groups is 1. The van der Waals surface area contributed by atoms with Crippen LogP contribution in [0.4, 0.5) is 0 Å². The summed E-state index contributed by atoms with van der Waals surface area (Å²) in [6.45, 7) is 1.05. The molecule has 3 heteroatoms. The first-order chi connectivity index (χ1) is 8.79. The van der Waals surface area contributed by atoms with Crippen molar-refractivity contribution in [2.45, 2.75) is 44.2 Å². The second-order valence-electron chi connectivity index (χ2n) is 5.01. The summed E-state index contributed by atoms with van der Waals surface area (Å²) in [6, 6.07) is 8.37. The number of nitrogens with one attached hydrogen (secondary N) is 1. The largest absolute Gasteiger partial charge is 0.497 e. The molecule has 1 aromatic carbocycles.